The molecule has 0 bridgehead atoms. The Morgan fingerprint density at radius 2 is 1.83 bits per heavy atom. The van der Waals surface area contributed by atoms with E-state index in [4.69, 9.17) is 0 Å². The van der Waals surface area contributed by atoms with Crippen molar-refractivity contribution in [1.82, 2.24) is 14.9 Å². The van der Waals surface area contributed by atoms with Gasteiger partial charge >= 0.3 is 0 Å². The van der Waals surface area contributed by atoms with Crippen molar-refractivity contribution in [3.63, 3.8) is 0 Å². The molecule has 0 saturated heterocycles. The van der Waals surface area contributed by atoms with E-state index in [0.717, 1.165) is 5.56 Å². The van der Waals surface area contributed by atoms with Crippen molar-refractivity contribution in [3.8, 4) is 0 Å². The van der Waals surface area contributed by atoms with Crippen molar-refractivity contribution in [1.29, 1.82) is 0 Å². The maximum Gasteiger partial charge on any atom is 0.255 e. The van der Waals surface area contributed by atoms with Gasteiger partial charge in [0.1, 0.15) is 17.7 Å². The van der Waals surface area contributed by atoms with Gasteiger partial charge in [-0.15, -0.1) is 0 Å². The highest BCUT2D eigenvalue weighted by Crippen LogP contribution is 2.21. The van der Waals surface area contributed by atoms with Gasteiger partial charge in [-0.2, -0.15) is 0 Å². The van der Waals surface area contributed by atoms with Crippen LogP contribution in [0.1, 0.15) is 27.8 Å². The third-order valence-electron chi connectivity index (χ3n) is 3.64. The maximum atomic E-state index is 13.8. The molecule has 23 heavy (non-hydrogen) atoms. The molecular formula is C18H16FN3O. The molecule has 5 heteroatoms. The zero-order valence-electron chi connectivity index (χ0n) is 12.6. The first kappa shape index (κ1) is 15.0. The lowest BCUT2D eigenvalue weighted by Gasteiger charge is -2.19. The fraction of sp³-hybridized carbons (Fsp3) is 0.111. The second-order valence-corrected chi connectivity index (χ2v) is 5.19. The Bertz CT molecular complexity index is 814. The van der Waals surface area contributed by atoms with Crippen LogP contribution >= 0.6 is 0 Å². The van der Waals surface area contributed by atoms with Gasteiger partial charge in [0, 0.05) is 19.4 Å². The number of nitrogens with zero attached hydrogens (tertiary/aromatic N) is 2. The Morgan fingerprint density at radius 3 is 2.48 bits per heavy atom. The second kappa shape index (κ2) is 6.44. The molecule has 0 radical (unpaired) electrons. The third kappa shape index (κ3) is 3.13. The smallest absolute Gasteiger partial charge is 0.255 e. The summed E-state index contributed by atoms with van der Waals surface area (Å²) in [6.45, 7) is 0. The van der Waals surface area contributed by atoms with E-state index in [1.165, 1.54) is 12.1 Å². The number of aromatic nitrogens is 2. The molecule has 1 unspecified atom stereocenters. The van der Waals surface area contributed by atoms with Crippen molar-refractivity contribution in [2.24, 2.45) is 7.05 Å². The number of carbonyl (C=O) groups is 1. The Morgan fingerprint density at radius 1 is 1.13 bits per heavy atom. The van der Waals surface area contributed by atoms with Crippen LogP contribution in [-0.4, -0.2) is 15.5 Å². The molecule has 3 rings (SSSR count). The predicted molar refractivity (Wildman–Crippen MR) is 85.4 cm³/mol. The summed E-state index contributed by atoms with van der Waals surface area (Å²) in [4.78, 5) is 16.8. The van der Waals surface area contributed by atoms with Gasteiger partial charge < -0.3 is 9.88 Å². The fourth-order valence-electron chi connectivity index (χ4n) is 2.45. The molecule has 1 heterocycles. The molecule has 0 aliphatic rings. The lowest BCUT2D eigenvalue weighted by molar-refractivity contribution is 0.0937. The van der Waals surface area contributed by atoms with E-state index < -0.39 is 17.8 Å². The standard InChI is InChI=1S/C18H16FN3O/c1-22-12-11-20-17(22)16(13-7-3-2-4-8-13)21-18(23)14-9-5-6-10-15(14)19/h2-12,16H,1H3,(H,21,23). The van der Waals surface area contributed by atoms with E-state index in [0.29, 0.717) is 5.82 Å². The van der Waals surface area contributed by atoms with E-state index in [2.05, 4.69) is 10.3 Å². The van der Waals surface area contributed by atoms with Crippen molar-refractivity contribution >= 4 is 5.91 Å². The molecule has 1 atom stereocenters. The largest absolute Gasteiger partial charge is 0.338 e. The molecule has 0 spiro atoms. The van der Waals surface area contributed by atoms with Crippen LogP contribution < -0.4 is 5.32 Å². The van der Waals surface area contributed by atoms with Crippen molar-refractivity contribution in [2.75, 3.05) is 0 Å². The SMILES string of the molecule is Cn1ccnc1C(NC(=O)c1ccccc1F)c1ccccc1. The predicted octanol–water partition coefficient (Wildman–Crippen LogP) is 3.08. The Kier molecular flexibility index (Phi) is 4.19. The fourth-order valence-corrected chi connectivity index (χ4v) is 2.45. The topological polar surface area (TPSA) is 46.9 Å². The molecule has 2 aromatic carbocycles. The van der Waals surface area contributed by atoms with E-state index >= 15 is 0 Å². The van der Waals surface area contributed by atoms with Crippen LogP contribution in [-0.2, 0) is 7.05 Å². The first-order valence-corrected chi connectivity index (χ1v) is 7.24. The zero-order chi connectivity index (χ0) is 16.2. The molecule has 0 aliphatic carbocycles. The number of aryl methyl sites for hydroxylation is 1. The summed E-state index contributed by atoms with van der Waals surface area (Å²) >= 11 is 0. The number of carbonyl (C=O) groups excluding carboxylic acids is 1. The number of nitrogens with one attached hydrogen (secondary N) is 1. The number of halogens is 1. The van der Waals surface area contributed by atoms with Crippen LogP contribution in [0.25, 0.3) is 0 Å². The minimum atomic E-state index is -0.545. The quantitative estimate of drug-likeness (QED) is 0.805. The van der Waals surface area contributed by atoms with Gasteiger partial charge in [0.05, 0.1) is 5.56 Å². The van der Waals surface area contributed by atoms with E-state index in [1.54, 1.807) is 24.5 Å². The van der Waals surface area contributed by atoms with E-state index in [-0.39, 0.29) is 5.56 Å². The van der Waals surface area contributed by atoms with Crippen molar-refractivity contribution in [2.45, 2.75) is 6.04 Å². The molecular weight excluding hydrogens is 293 g/mol. The lowest BCUT2D eigenvalue weighted by atomic mass is 10.1. The maximum absolute atomic E-state index is 13.8. The van der Waals surface area contributed by atoms with Gasteiger partial charge in [0.15, 0.2) is 0 Å². The Hall–Kier alpha value is -2.95. The van der Waals surface area contributed by atoms with Gasteiger partial charge in [-0.05, 0) is 17.7 Å². The molecule has 1 N–H and O–H groups in total. The minimum absolute atomic E-state index is 0.0163. The van der Waals surface area contributed by atoms with Crippen LogP contribution in [0.5, 0.6) is 0 Å². The lowest BCUT2D eigenvalue weighted by Crippen LogP contribution is -2.31. The minimum Gasteiger partial charge on any atom is -0.338 e. The van der Waals surface area contributed by atoms with Gasteiger partial charge in [-0.1, -0.05) is 42.5 Å². The summed E-state index contributed by atoms with van der Waals surface area (Å²) in [6, 6.07) is 15.0. The van der Waals surface area contributed by atoms with Gasteiger partial charge in [0.25, 0.3) is 5.91 Å². The Balaban J connectivity index is 1.96. The molecule has 0 saturated carbocycles. The van der Waals surface area contributed by atoms with Crippen LogP contribution in [0, 0.1) is 5.82 Å². The Labute approximate surface area is 133 Å². The van der Waals surface area contributed by atoms with E-state index in [1.807, 2.05) is 41.9 Å². The molecule has 4 nitrogen and oxygen atoms in total. The van der Waals surface area contributed by atoms with Crippen molar-refractivity contribution < 1.29 is 9.18 Å². The molecule has 1 aromatic heterocycles. The first-order valence-electron chi connectivity index (χ1n) is 7.24. The summed E-state index contributed by atoms with van der Waals surface area (Å²) in [5.74, 6) is -0.336. The number of imidazole rings is 1. The van der Waals surface area contributed by atoms with Crippen molar-refractivity contribution in [3.05, 3.63) is 89.8 Å². The van der Waals surface area contributed by atoms with Crippen LogP contribution in [0.15, 0.2) is 67.0 Å². The van der Waals surface area contributed by atoms with Gasteiger partial charge in [-0.25, -0.2) is 9.37 Å². The summed E-state index contributed by atoms with van der Waals surface area (Å²) < 4.78 is 15.7. The van der Waals surface area contributed by atoms with E-state index in [9.17, 15) is 9.18 Å². The molecule has 0 fully saturated rings. The number of hydrogen-bond donors (Lipinski definition) is 1. The van der Waals surface area contributed by atoms with Gasteiger partial charge in [-0.3, -0.25) is 4.79 Å². The first-order chi connectivity index (χ1) is 11.2. The highest BCUT2D eigenvalue weighted by Gasteiger charge is 2.22. The number of amides is 1. The molecule has 0 aliphatic heterocycles. The summed E-state index contributed by atoms with van der Waals surface area (Å²) in [5.41, 5.74) is 0.897. The number of rotatable bonds is 4. The second-order valence-electron chi connectivity index (χ2n) is 5.19. The molecule has 1 amide bonds. The number of benzene rings is 2. The monoisotopic (exact) mass is 309 g/mol. The third-order valence-corrected chi connectivity index (χ3v) is 3.64. The zero-order valence-corrected chi connectivity index (χ0v) is 12.6. The highest BCUT2D eigenvalue weighted by molar-refractivity contribution is 5.94. The van der Waals surface area contributed by atoms with Gasteiger partial charge in [0.2, 0.25) is 0 Å². The number of hydrogen-bond acceptors (Lipinski definition) is 2. The molecule has 3 aromatic rings. The average molecular weight is 309 g/mol. The average Bonchev–Trinajstić information content (AvgIpc) is 2.99. The summed E-state index contributed by atoms with van der Waals surface area (Å²) in [5, 5.41) is 2.87. The molecule has 116 valence electrons. The summed E-state index contributed by atoms with van der Waals surface area (Å²) in [7, 11) is 1.85. The summed E-state index contributed by atoms with van der Waals surface area (Å²) in [6.07, 6.45) is 3.47. The van der Waals surface area contributed by atoms with Crippen LogP contribution in [0.3, 0.4) is 0 Å². The normalized spacial score (nSPS) is 11.9. The highest BCUT2D eigenvalue weighted by atomic mass is 19.1. The van der Waals surface area contributed by atoms with Crippen LogP contribution in [0.4, 0.5) is 4.39 Å². The van der Waals surface area contributed by atoms with Crippen LogP contribution in [0.2, 0.25) is 0 Å².